The molecule has 2 N–H and O–H groups in total. The van der Waals surface area contributed by atoms with Crippen LogP contribution in [0, 0.1) is 18.8 Å². The number of aryl methyl sites for hydroxylation is 2. The van der Waals surface area contributed by atoms with Crippen LogP contribution in [0.25, 0.3) is 0 Å². The molecule has 0 aliphatic carbocycles. The highest BCUT2D eigenvalue weighted by atomic mass is 16.5. The van der Waals surface area contributed by atoms with E-state index in [1.807, 2.05) is 13.0 Å². The quantitative estimate of drug-likeness (QED) is 0.847. The summed E-state index contributed by atoms with van der Waals surface area (Å²) in [6.45, 7) is 3.58. The maximum Gasteiger partial charge on any atom is 0.294 e. The molecule has 1 aromatic carbocycles. The van der Waals surface area contributed by atoms with Crippen molar-refractivity contribution in [2.45, 2.75) is 20.3 Å². The van der Waals surface area contributed by atoms with Crippen LogP contribution < -0.4 is 5.32 Å². The third kappa shape index (κ3) is 3.50. The van der Waals surface area contributed by atoms with Crippen molar-refractivity contribution in [1.82, 2.24) is 5.16 Å². The first kappa shape index (κ1) is 14.8. The summed E-state index contributed by atoms with van der Waals surface area (Å²) in [4.78, 5) is 12.1. The van der Waals surface area contributed by atoms with Gasteiger partial charge in [-0.15, -0.1) is 0 Å². The second-order valence-corrected chi connectivity index (χ2v) is 4.48. The number of benzene rings is 1. The Kier molecular flexibility index (Phi) is 4.75. The summed E-state index contributed by atoms with van der Waals surface area (Å²) in [6, 6.07) is 5.49. The van der Waals surface area contributed by atoms with Gasteiger partial charge in [0.15, 0.2) is 0 Å². The van der Waals surface area contributed by atoms with E-state index in [0.29, 0.717) is 11.3 Å². The lowest BCUT2D eigenvalue weighted by atomic mass is 10.1. The number of aliphatic hydroxyl groups excluding tert-OH is 1. The van der Waals surface area contributed by atoms with Crippen LogP contribution in [0.1, 0.15) is 34.2 Å². The van der Waals surface area contributed by atoms with Crippen LogP contribution in [0.15, 0.2) is 28.9 Å². The maximum absolute atomic E-state index is 12.1. The van der Waals surface area contributed by atoms with Gasteiger partial charge in [-0.05, 0) is 37.1 Å². The Hall–Kier alpha value is -2.58. The second-order valence-electron chi connectivity index (χ2n) is 4.48. The minimum Gasteiger partial charge on any atom is -0.384 e. The minimum absolute atomic E-state index is 0.176. The van der Waals surface area contributed by atoms with E-state index in [4.69, 9.17) is 9.63 Å². The summed E-state index contributed by atoms with van der Waals surface area (Å²) in [6.07, 6.45) is 2.25. The molecule has 1 heterocycles. The van der Waals surface area contributed by atoms with Crippen LogP contribution in [-0.4, -0.2) is 22.8 Å². The molecule has 0 unspecified atom stereocenters. The van der Waals surface area contributed by atoms with Crippen molar-refractivity contribution in [1.29, 1.82) is 0 Å². The first-order chi connectivity index (χ1) is 10.2. The van der Waals surface area contributed by atoms with Gasteiger partial charge in [-0.2, -0.15) is 0 Å². The first-order valence-electron chi connectivity index (χ1n) is 6.61. The average Bonchev–Trinajstić information content (AvgIpc) is 2.92. The third-order valence-corrected chi connectivity index (χ3v) is 3.00. The molecule has 2 rings (SSSR count). The first-order valence-corrected chi connectivity index (χ1v) is 6.61. The SMILES string of the molecule is CCc1cc(C#CCO)ccc1NC(=O)c1oncc1C. The summed E-state index contributed by atoms with van der Waals surface area (Å²) < 4.78 is 4.94. The number of anilines is 1. The van der Waals surface area contributed by atoms with Crippen molar-refractivity contribution >= 4 is 11.6 Å². The van der Waals surface area contributed by atoms with E-state index in [0.717, 1.165) is 17.5 Å². The summed E-state index contributed by atoms with van der Waals surface area (Å²) in [5, 5.41) is 15.1. The highest BCUT2D eigenvalue weighted by Crippen LogP contribution is 2.19. The van der Waals surface area contributed by atoms with Crippen molar-refractivity contribution in [3.8, 4) is 11.8 Å². The second kappa shape index (κ2) is 6.73. The van der Waals surface area contributed by atoms with E-state index in [-0.39, 0.29) is 18.3 Å². The molecule has 0 radical (unpaired) electrons. The van der Waals surface area contributed by atoms with Crippen LogP contribution in [-0.2, 0) is 6.42 Å². The molecule has 108 valence electrons. The maximum atomic E-state index is 12.1. The van der Waals surface area contributed by atoms with Gasteiger partial charge in [0.05, 0.1) is 6.20 Å². The van der Waals surface area contributed by atoms with Gasteiger partial charge < -0.3 is 14.9 Å². The standard InChI is InChI=1S/C16H16N2O3/c1-3-13-9-12(5-4-8-19)6-7-14(13)18-16(20)15-11(2)10-17-21-15/h6-7,9-10,19H,3,8H2,1-2H3,(H,18,20). The van der Waals surface area contributed by atoms with Crippen molar-refractivity contribution < 1.29 is 14.4 Å². The molecule has 0 atom stereocenters. The number of nitrogens with zero attached hydrogens (tertiary/aromatic N) is 1. The van der Waals surface area contributed by atoms with E-state index in [2.05, 4.69) is 22.3 Å². The lowest BCUT2D eigenvalue weighted by molar-refractivity contribution is 0.0987. The molecular formula is C16H16N2O3. The topological polar surface area (TPSA) is 75.4 Å². The highest BCUT2D eigenvalue weighted by Gasteiger charge is 2.15. The summed E-state index contributed by atoms with van der Waals surface area (Å²) >= 11 is 0. The Balaban J connectivity index is 2.24. The van der Waals surface area contributed by atoms with E-state index in [1.54, 1.807) is 19.1 Å². The van der Waals surface area contributed by atoms with E-state index in [9.17, 15) is 4.79 Å². The number of rotatable bonds is 3. The van der Waals surface area contributed by atoms with Gasteiger partial charge in [0.2, 0.25) is 5.76 Å². The summed E-state index contributed by atoms with van der Waals surface area (Å²) in [5.74, 6) is 5.33. The summed E-state index contributed by atoms with van der Waals surface area (Å²) in [5.41, 5.74) is 3.17. The molecule has 0 spiro atoms. The molecule has 0 bridgehead atoms. The molecule has 2 aromatic rings. The van der Waals surface area contributed by atoms with Crippen molar-refractivity contribution in [3.63, 3.8) is 0 Å². The normalized spacial score (nSPS) is 9.86. The van der Waals surface area contributed by atoms with E-state index < -0.39 is 0 Å². The molecule has 0 saturated heterocycles. The molecule has 1 amide bonds. The number of aromatic nitrogens is 1. The van der Waals surface area contributed by atoms with Crippen LogP contribution in [0.5, 0.6) is 0 Å². The zero-order valence-corrected chi connectivity index (χ0v) is 11.9. The van der Waals surface area contributed by atoms with E-state index >= 15 is 0 Å². The third-order valence-electron chi connectivity index (χ3n) is 3.00. The number of hydrogen-bond acceptors (Lipinski definition) is 4. The van der Waals surface area contributed by atoms with Gasteiger partial charge in [0.25, 0.3) is 5.91 Å². The molecule has 0 saturated carbocycles. The molecule has 5 heteroatoms. The molecule has 1 aromatic heterocycles. The fourth-order valence-corrected chi connectivity index (χ4v) is 1.92. The number of amides is 1. The molecule has 0 aliphatic heterocycles. The summed E-state index contributed by atoms with van der Waals surface area (Å²) in [7, 11) is 0. The fraction of sp³-hybridized carbons (Fsp3) is 0.250. The Labute approximate surface area is 123 Å². The minimum atomic E-state index is -0.325. The Morgan fingerprint density at radius 1 is 1.48 bits per heavy atom. The van der Waals surface area contributed by atoms with Crippen LogP contribution in [0.3, 0.4) is 0 Å². The number of carbonyl (C=O) groups is 1. The number of hydrogen-bond donors (Lipinski definition) is 2. The van der Waals surface area contributed by atoms with Crippen LogP contribution in [0.2, 0.25) is 0 Å². The predicted octanol–water partition coefficient (Wildman–Crippen LogP) is 2.14. The molecule has 21 heavy (non-hydrogen) atoms. The molecule has 5 nitrogen and oxygen atoms in total. The Morgan fingerprint density at radius 3 is 2.90 bits per heavy atom. The van der Waals surface area contributed by atoms with Gasteiger partial charge in [0, 0.05) is 16.8 Å². The smallest absolute Gasteiger partial charge is 0.294 e. The van der Waals surface area contributed by atoms with Gasteiger partial charge in [0.1, 0.15) is 6.61 Å². The Bertz CT molecular complexity index is 708. The van der Waals surface area contributed by atoms with Gasteiger partial charge in [-0.25, -0.2) is 0 Å². The van der Waals surface area contributed by atoms with Crippen LogP contribution in [0.4, 0.5) is 5.69 Å². The van der Waals surface area contributed by atoms with Crippen molar-refractivity contribution in [2.75, 3.05) is 11.9 Å². The van der Waals surface area contributed by atoms with Gasteiger partial charge >= 0.3 is 0 Å². The predicted molar refractivity (Wildman–Crippen MR) is 79.0 cm³/mol. The van der Waals surface area contributed by atoms with Crippen LogP contribution >= 0.6 is 0 Å². The monoisotopic (exact) mass is 284 g/mol. The van der Waals surface area contributed by atoms with E-state index in [1.165, 1.54) is 6.20 Å². The number of nitrogens with one attached hydrogen (secondary N) is 1. The number of aliphatic hydroxyl groups is 1. The molecular weight excluding hydrogens is 268 g/mol. The van der Waals surface area contributed by atoms with Gasteiger partial charge in [-0.3, -0.25) is 4.79 Å². The number of carbonyl (C=O) groups excluding carboxylic acids is 1. The van der Waals surface area contributed by atoms with Gasteiger partial charge in [-0.1, -0.05) is 23.9 Å². The molecule has 0 aliphatic rings. The highest BCUT2D eigenvalue weighted by molar-refractivity contribution is 6.03. The average molecular weight is 284 g/mol. The largest absolute Gasteiger partial charge is 0.384 e. The lowest BCUT2D eigenvalue weighted by Crippen LogP contribution is -2.13. The van der Waals surface area contributed by atoms with Crippen molar-refractivity contribution in [3.05, 3.63) is 46.8 Å². The Morgan fingerprint density at radius 2 is 2.29 bits per heavy atom. The molecule has 0 fully saturated rings. The lowest BCUT2D eigenvalue weighted by Gasteiger charge is -2.09. The zero-order valence-electron chi connectivity index (χ0n) is 11.9. The zero-order chi connectivity index (χ0) is 15.2. The van der Waals surface area contributed by atoms with Crippen molar-refractivity contribution in [2.24, 2.45) is 0 Å². The fourth-order valence-electron chi connectivity index (χ4n) is 1.92.